The van der Waals surface area contributed by atoms with Crippen LogP contribution < -0.4 is 0 Å². The molecule has 0 aromatic rings. The summed E-state index contributed by atoms with van der Waals surface area (Å²) in [5.41, 5.74) is 0. The lowest BCUT2D eigenvalue weighted by Crippen LogP contribution is -2.60. The number of nitroso groups, excluding NO2 is 1. The first kappa shape index (κ1) is 21.5. The molecule has 2 rings (SSSR count). The van der Waals surface area contributed by atoms with Gasteiger partial charge in [0.1, 0.15) is 30.5 Å². The number of aliphatic hydroxyl groups excluding tert-OH is 4. The second-order valence-corrected chi connectivity index (χ2v) is 6.91. The molecule has 14 heteroatoms. The molecule has 0 aromatic carbocycles. The Morgan fingerprint density at radius 1 is 1.04 bits per heavy atom. The molecule has 2 saturated heterocycles. The van der Waals surface area contributed by atoms with Crippen LogP contribution in [0.15, 0.2) is 5.18 Å². The third-order valence-electron chi connectivity index (χ3n) is 4.16. The second-order valence-electron chi connectivity index (χ2n) is 5.87. The van der Waals surface area contributed by atoms with Crippen LogP contribution in [0.25, 0.3) is 0 Å². The molecule has 0 aliphatic carbocycles. The van der Waals surface area contributed by atoms with Gasteiger partial charge in [0.15, 0.2) is 12.4 Å². The topological polar surface area (TPSA) is 202 Å². The Labute approximate surface area is 148 Å². The first-order valence-corrected chi connectivity index (χ1v) is 9.09. The molecular formula is C12H21NO12S. The summed E-state index contributed by atoms with van der Waals surface area (Å²) in [5, 5.41) is 41.5. The van der Waals surface area contributed by atoms with E-state index in [1.54, 1.807) is 6.92 Å². The first-order chi connectivity index (χ1) is 12.1. The number of rotatable bonds is 7. The zero-order chi connectivity index (χ0) is 19.6. The van der Waals surface area contributed by atoms with Crippen molar-refractivity contribution in [2.75, 3.05) is 6.61 Å². The SMILES string of the molecule is CCC1OC(CO)C(O)C1OC1OC(N=O)C(O)C(O)C1OS(=O)(=O)O. The Morgan fingerprint density at radius 3 is 2.19 bits per heavy atom. The highest BCUT2D eigenvalue weighted by Gasteiger charge is 2.52. The summed E-state index contributed by atoms with van der Waals surface area (Å²) in [6.07, 6.45) is -13.4. The summed E-state index contributed by atoms with van der Waals surface area (Å²) < 4.78 is 51.0. The minimum Gasteiger partial charge on any atom is -0.394 e. The van der Waals surface area contributed by atoms with Gasteiger partial charge in [-0.25, -0.2) is 4.18 Å². The van der Waals surface area contributed by atoms with E-state index in [2.05, 4.69) is 9.36 Å². The van der Waals surface area contributed by atoms with Crippen molar-refractivity contribution in [3.8, 4) is 0 Å². The normalized spacial score (nSPS) is 44.2. The lowest BCUT2D eigenvalue weighted by Gasteiger charge is -2.40. The molecule has 152 valence electrons. The van der Waals surface area contributed by atoms with Gasteiger partial charge in [0.2, 0.25) is 6.23 Å². The van der Waals surface area contributed by atoms with Crippen LogP contribution in [0.4, 0.5) is 0 Å². The third-order valence-corrected chi connectivity index (χ3v) is 4.63. The highest BCUT2D eigenvalue weighted by molar-refractivity contribution is 7.80. The van der Waals surface area contributed by atoms with Crippen LogP contribution in [-0.4, -0.2) is 95.2 Å². The molecule has 2 heterocycles. The zero-order valence-electron chi connectivity index (χ0n) is 13.6. The largest absolute Gasteiger partial charge is 0.397 e. The zero-order valence-corrected chi connectivity index (χ0v) is 14.4. The summed E-state index contributed by atoms with van der Waals surface area (Å²) in [7, 11) is -5.09. The average Bonchev–Trinajstić information content (AvgIpc) is 2.88. The molecule has 13 nitrogen and oxygen atoms in total. The predicted molar refractivity (Wildman–Crippen MR) is 79.8 cm³/mol. The summed E-state index contributed by atoms with van der Waals surface area (Å²) in [5.74, 6) is 0. The molecule has 9 unspecified atom stereocenters. The number of ether oxygens (including phenoxy) is 3. The van der Waals surface area contributed by atoms with E-state index in [-0.39, 0.29) is 0 Å². The van der Waals surface area contributed by atoms with E-state index in [1.807, 2.05) is 0 Å². The van der Waals surface area contributed by atoms with Crippen LogP contribution in [0.5, 0.6) is 0 Å². The number of hydrogen-bond acceptors (Lipinski definition) is 12. The number of hydrogen-bond donors (Lipinski definition) is 5. The van der Waals surface area contributed by atoms with E-state index < -0.39 is 72.3 Å². The Balaban J connectivity index is 2.25. The van der Waals surface area contributed by atoms with Crippen LogP contribution in [0.3, 0.4) is 0 Å². The van der Waals surface area contributed by atoms with Gasteiger partial charge in [0.05, 0.1) is 12.7 Å². The van der Waals surface area contributed by atoms with Crippen molar-refractivity contribution >= 4 is 10.4 Å². The Bertz CT molecular complexity index is 585. The van der Waals surface area contributed by atoms with Crippen LogP contribution in [-0.2, 0) is 28.8 Å². The van der Waals surface area contributed by atoms with Gasteiger partial charge in [-0.1, -0.05) is 6.92 Å². The lowest BCUT2D eigenvalue weighted by molar-refractivity contribution is -0.307. The first-order valence-electron chi connectivity index (χ1n) is 7.72. The van der Waals surface area contributed by atoms with E-state index in [0.717, 1.165) is 0 Å². The monoisotopic (exact) mass is 403 g/mol. The summed E-state index contributed by atoms with van der Waals surface area (Å²) in [6.45, 7) is 1.17. The van der Waals surface area contributed by atoms with Crippen molar-refractivity contribution < 1.29 is 51.8 Å². The molecule has 26 heavy (non-hydrogen) atoms. The predicted octanol–water partition coefficient (Wildman–Crippen LogP) is -2.74. The van der Waals surface area contributed by atoms with Gasteiger partial charge in [0.25, 0.3) is 0 Å². The van der Waals surface area contributed by atoms with Crippen molar-refractivity contribution in [3.05, 3.63) is 4.91 Å². The lowest BCUT2D eigenvalue weighted by atomic mass is 10.0. The maximum atomic E-state index is 11.0. The van der Waals surface area contributed by atoms with Gasteiger partial charge in [-0.05, 0) is 11.6 Å². The van der Waals surface area contributed by atoms with Gasteiger partial charge in [-0.15, -0.1) is 4.91 Å². The van der Waals surface area contributed by atoms with Gasteiger partial charge < -0.3 is 34.6 Å². The molecular weight excluding hydrogens is 382 g/mol. The minimum atomic E-state index is -5.09. The second kappa shape index (κ2) is 8.47. The van der Waals surface area contributed by atoms with Gasteiger partial charge in [-0.3, -0.25) is 4.55 Å². The Kier molecular flexibility index (Phi) is 7.00. The van der Waals surface area contributed by atoms with Gasteiger partial charge >= 0.3 is 10.4 Å². The molecule has 2 aliphatic rings. The Hall–Kier alpha value is -0.810. The molecule has 2 aliphatic heterocycles. The molecule has 2 fully saturated rings. The van der Waals surface area contributed by atoms with Crippen LogP contribution >= 0.6 is 0 Å². The van der Waals surface area contributed by atoms with Gasteiger partial charge in [0, 0.05) is 0 Å². The van der Waals surface area contributed by atoms with Crippen LogP contribution in [0.1, 0.15) is 13.3 Å². The van der Waals surface area contributed by atoms with E-state index in [0.29, 0.717) is 6.42 Å². The average molecular weight is 403 g/mol. The summed E-state index contributed by atoms with van der Waals surface area (Å²) in [6, 6.07) is 0. The van der Waals surface area contributed by atoms with E-state index in [9.17, 15) is 33.8 Å². The van der Waals surface area contributed by atoms with E-state index in [1.165, 1.54) is 0 Å². The maximum absolute atomic E-state index is 11.0. The van der Waals surface area contributed by atoms with Crippen molar-refractivity contribution in [1.29, 1.82) is 0 Å². The molecule has 5 N–H and O–H groups in total. The van der Waals surface area contributed by atoms with Gasteiger partial charge in [-0.2, -0.15) is 8.42 Å². The fourth-order valence-electron chi connectivity index (χ4n) is 2.88. The summed E-state index contributed by atoms with van der Waals surface area (Å²) in [4.78, 5) is 10.8. The van der Waals surface area contributed by atoms with E-state index in [4.69, 9.17) is 18.8 Å². The number of aliphatic hydroxyl groups is 4. The van der Waals surface area contributed by atoms with Crippen molar-refractivity contribution in [1.82, 2.24) is 0 Å². The van der Waals surface area contributed by atoms with Crippen LogP contribution in [0, 0.1) is 4.91 Å². The molecule has 0 saturated carbocycles. The minimum absolute atomic E-state index is 0.329. The standard InChI is InChI=1S/C12H21NO12S/c1-2-4-9(6(15)5(3-14)22-4)23-12-10(25-26(19,20)21)7(16)8(17)11(13-18)24-12/h4-12,14-17H,2-3H2,1H3,(H,19,20,21). The fraction of sp³-hybridized carbons (Fsp3) is 1.00. The highest BCUT2D eigenvalue weighted by Crippen LogP contribution is 2.32. The Morgan fingerprint density at radius 2 is 1.69 bits per heavy atom. The van der Waals surface area contributed by atoms with Crippen molar-refractivity contribution in [2.24, 2.45) is 5.18 Å². The van der Waals surface area contributed by atoms with Crippen molar-refractivity contribution in [2.45, 2.75) is 68.6 Å². The molecule has 0 bridgehead atoms. The highest BCUT2D eigenvalue weighted by atomic mass is 32.3. The van der Waals surface area contributed by atoms with E-state index >= 15 is 0 Å². The maximum Gasteiger partial charge on any atom is 0.397 e. The summed E-state index contributed by atoms with van der Waals surface area (Å²) >= 11 is 0. The molecule has 0 amide bonds. The quantitative estimate of drug-likeness (QED) is 0.217. The third kappa shape index (κ3) is 4.53. The smallest absolute Gasteiger partial charge is 0.394 e. The van der Waals surface area contributed by atoms with Crippen molar-refractivity contribution in [3.63, 3.8) is 0 Å². The molecule has 0 spiro atoms. The molecule has 9 atom stereocenters. The number of nitrogens with zero attached hydrogens (tertiary/aromatic N) is 1. The van der Waals surface area contributed by atoms with Crippen LogP contribution in [0.2, 0.25) is 0 Å². The molecule has 0 radical (unpaired) electrons. The fourth-order valence-corrected chi connectivity index (χ4v) is 3.36. The molecule has 0 aromatic heterocycles.